The van der Waals surface area contributed by atoms with E-state index in [0.29, 0.717) is 11.5 Å². The second kappa shape index (κ2) is 2.67. The second-order valence-electron chi connectivity index (χ2n) is 2.36. The van der Waals surface area contributed by atoms with Crippen LogP contribution in [0.25, 0.3) is 0 Å². The maximum Gasteiger partial charge on any atom is 0.348 e. The molecule has 0 spiro atoms. The lowest BCUT2D eigenvalue weighted by atomic mass is 10.3. The van der Waals surface area contributed by atoms with E-state index in [4.69, 9.17) is 14.6 Å². The molecule has 0 fully saturated rings. The SMILES string of the molecule is O=C(O)[C@H]1COc2cscc2O1. The Labute approximate surface area is 72.3 Å². The van der Waals surface area contributed by atoms with Gasteiger partial charge in [0.15, 0.2) is 11.5 Å². The van der Waals surface area contributed by atoms with E-state index >= 15 is 0 Å². The normalized spacial score (nSPS) is 20.5. The minimum absolute atomic E-state index is 0.0824. The molecule has 0 saturated heterocycles. The lowest BCUT2D eigenvalue weighted by Crippen LogP contribution is -2.35. The molecule has 1 aliphatic heterocycles. The second-order valence-corrected chi connectivity index (χ2v) is 3.10. The molecule has 12 heavy (non-hydrogen) atoms. The van der Waals surface area contributed by atoms with Gasteiger partial charge < -0.3 is 14.6 Å². The Balaban J connectivity index is 2.20. The van der Waals surface area contributed by atoms with Gasteiger partial charge in [-0.1, -0.05) is 0 Å². The van der Waals surface area contributed by atoms with Gasteiger partial charge in [-0.3, -0.25) is 0 Å². The number of aliphatic carboxylic acids is 1. The number of carboxylic acids is 1. The van der Waals surface area contributed by atoms with E-state index in [9.17, 15) is 4.79 Å². The Bertz CT molecular complexity index is 306. The third-order valence-electron chi connectivity index (χ3n) is 1.53. The fourth-order valence-corrected chi connectivity index (χ4v) is 1.61. The highest BCUT2D eigenvalue weighted by Gasteiger charge is 2.27. The molecule has 1 atom stereocenters. The highest BCUT2D eigenvalue weighted by molar-refractivity contribution is 7.08. The fraction of sp³-hybridized carbons (Fsp3) is 0.286. The average molecular weight is 186 g/mol. The Morgan fingerprint density at radius 2 is 2.33 bits per heavy atom. The zero-order chi connectivity index (χ0) is 8.55. The number of hydrogen-bond acceptors (Lipinski definition) is 4. The van der Waals surface area contributed by atoms with Crippen molar-refractivity contribution in [2.24, 2.45) is 0 Å². The van der Waals surface area contributed by atoms with Crippen molar-refractivity contribution in [2.45, 2.75) is 6.10 Å². The van der Waals surface area contributed by atoms with Gasteiger partial charge in [-0.2, -0.15) is 0 Å². The van der Waals surface area contributed by atoms with Gasteiger partial charge in [0.05, 0.1) is 0 Å². The van der Waals surface area contributed by atoms with Crippen LogP contribution < -0.4 is 9.47 Å². The summed E-state index contributed by atoms with van der Waals surface area (Å²) in [6, 6.07) is 0. The van der Waals surface area contributed by atoms with Crippen molar-refractivity contribution in [1.29, 1.82) is 0 Å². The van der Waals surface area contributed by atoms with Gasteiger partial charge in [0.1, 0.15) is 6.61 Å². The van der Waals surface area contributed by atoms with Gasteiger partial charge in [-0.15, -0.1) is 11.3 Å². The van der Waals surface area contributed by atoms with E-state index in [2.05, 4.69) is 0 Å². The van der Waals surface area contributed by atoms with E-state index in [1.54, 1.807) is 10.8 Å². The standard InChI is InChI=1S/C7H6O4S/c8-7(9)4-1-10-5-2-12-3-6(5)11-4/h2-4H,1H2,(H,8,9)/t4-/m1/s1. The summed E-state index contributed by atoms with van der Waals surface area (Å²) in [7, 11) is 0. The van der Waals surface area contributed by atoms with Gasteiger partial charge in [-0.25, -0.2) is 4.79 Å². The summed E-state index contributed by atoms with van der Waals surface area (Å²) in [6.07, 6.45) is -0.868. The summed E-state index contributed by atoms with van der Waals surface area (Å²) >= 11 is 1.43. The van der Waals surface area contributed by atoms with Crippen LogP contribution in [0.1, 0.15) is 0 Å². The number of hydrogen-bond donors (Lipinski definition) is 1. The van der Waals surface area contributed by atoms with Crippen LogP contribution in [0.5, 0.6) is 11.5 Å². The number of rotatable bonds is 1. The van der Waals surface area contributed by atoms with Gasteiger partial charge in [-0.05, 0) is 0 Å². The average Bonchev–Trinajstić information content (AvgIpc) is 2.49. The molecule has 5 heteroatoms. The molecule has 1 aliphatic rings. The van der Waals surface area contributed by atoms with Crippen LogP contribution in [0.3, 0.4) is 0 Å². The van der Waals surface area contributed by atoms with Crippen LogP contribution in [-0.2, 0) is 4.79 Å². The zero-order valence-corrected chi connectivity index (χ0v) is 6.84. The summed E-state index contributed by atoms with van der Waals surface area (Å²) in [6.45, 7) is 0.0824. The number of thiophene rings is 1. The lowest BCUT2D eigenvalue weighted by Gasteiger charge is -2.20. The lowest BCUT2D eigenvalue weighted by molar-refractivity contribution is -0.147. The smallest absolute Gasteiger partial charge is 0.348 e. The Hall–Kier alpha value is -1.23. The van der Waals surface area contributed by atoms with Crippen molar-refractivity contribution < 1.29 is 19.4 Å². The minimum Gasteiger partial charge on any atom is -0.484 e. The van der Waals surface area contributed by atoms with Crippen LogP contribution in [0.15, 0.2) is 10.8 Å². The van der Waals surface area contributed by atoms with Crippen molar-refractivity contribution >= 4 is 17.3 Å². The number of fused-ring (bicyclic) bond motifs is 1. The number of carboxylic acid groups (broad SMARTS) is 1. The predicted octanol–water partition coefficient (Wildman–Crippen LogP) is 0.973. The Morgan fingerprint density at radius 3 is 3.08 bits per heavy atom. The van der Waals surface area contributed by atoms with Gasteiger partial charge in [0.25, 0.3) is 0 Å². The molecular formula is C7H6O4S. The van der Waals surface area contributed by atoms with E-state index in [0.717, 1.165) is 0 Å². The quantitative estimate of drug-likeness (QED) is 0.710. The van der Waals surface area contributed by atoms with Crippen LogP contribution in [0.2, 0.25) is 0 Å². The first-order valence-electron chi connectivity index (χ1n) is 3.36. The zero-order valence-electron chi connectivity index (χ0n) is 6.02. The third kappa shape index (κ3) is 1.12. The molecule has 0 saturated carbocycles. The van der Waals surface area contributed by atoms with Crippen molar-refractivity contribution in [1.82, 2.24) is 0 Å². The summed E-state index contributed by atoms with van der Waals surface area (Å²) < 4.78 is 10.3. The first kappa shape index (κ1) is 7.42. The maximum atomic E-state index is 10.5. The molecule has 2 heterocycles. The molecular weight excluding hydrogens is 180 g/mol. The van der Waals surface area contributed by atoms with Crippen molar-refractivity contribution in [3.63, 3.8) is 0 Å². The highest BCUT2D eigenvalue weighted by atomic mass is 32.1. The van der Waals surface area contributed by atoms with E-state index in [1.807, 2.05) is 0 Å². The molecule has 0 bridgehead atoms. The van der Waals surface area contributed by atoms with Crippen LogP contribution in [0.4, 0.5) is 0 Å². The molecule has 2 rings (SSSR count). The summed E-state index contributed by atoms with van der Waals surface area (Å²) in [5, 5.41) is 12.1. The molecule has 0 aromatic carbocycles. The molecule has 0 unspecified atom stereocenters. The van der Waals surface area contributed by atoms with Crippen molar-refractivity contribution in [3.05, 3.63) is 10.8 Å². The van der Waals surface area contributed by atoms with Gasteiger partial charge in [0, 0.05) is 10.8 Å². The fourth-order valence-electron chi connectivity index (χ4n) is 0.939. The van der Waals surface area contributed by atoms with Crippen molar-refractivity contribution in [2.75, 3.05) is 6.61 Å². The Morgan fingerprint density at radius 1 is 1.58 bits per heavy atom. The highest BCUT2D eigenvalue weighted by Crippen LogP contribution is 2.35. The predicted molar refractivity (Wildman–Crippen MR) is 41.9 cm³/mol. The first-order valence-corrected chi connectivity index (χ1v) is 4.30. The molecule has 0 amide bonds. The molecule has 4 nitrogen and oxygen atoms in total. The van der Waals surface area contributed by atoms with E-state index in [1.165, 1.54) is 11.3 Å². The number of carbonyl (C=O) groups is 1. The Kier molecular flexibility index (Phi) is 1.65. The summed E-state index contributed by atoms with van der Waals surface area (Å²) in [5.41, 5.74) is 0. The largest absolute Gasteiger partial charge is 0.484 e. The molecule has 64 valence electrons. The van der Waals surface area contributed by atoms with Crippen LogP contribution in [-0.4, -0.2) is 23.8 Å². The first-order chi connectivity index (χ1) is 5.77. The molecule has 0 aliphatic carbocycles. The molecule has 0 radical (unpaired) electrons. The monoisotopic (exact) mass is 186 g/mol. The minimum atomic E-state index is -0.994. The van der Waals surface area contributed by atoms with Gasteiger partial charge in [0.2, 0.25) is 6.10 Å². The molecule has 1 aromatic heterocycles. The van der Waals surface area contributed by atoms with Gasteiger partial charge >= 0.3 is 5.97 Å². The molecule has 1 N–H and O–H groups in total. The van der Waals surface area contributed by atoms with Crippen LogP contribution in [0, 0.1) is 0 Å². The summed E-state index contributed by atoms with van der Waals surface area (Å²) in [4.78, 5) is 10.5. The van der Waals surface area contributed by atoms with E-state index in [-0.39, 0.29) is 6.61 Å². The van der Waals surface area contributed by atoms with Crippen LogP contribution >= 0.6 is 11.3 Å². The topological polar surface area (TPSA) is 55.8 Å². The summed E-state index contributed by atoms with van der Waals surface area (Å²) in [5.74, 6) is 0.169. The van der Waals surface area contributed by atoms with Crippen molar-refractivity contribution in [3.8, 4) is 11.5 Å². The maximum absolute atomic E-state index is 10.5. The molecule has 1 aromatic rings. The van der Waals surface area contributed by atoms with E-state index < -0.39 is 12.1 Å². The third-order valence-corrected chi connectivity index (χ3v) is 2.23. The number of ether oxygens (including phenoxy) is 2.